The second-order valence-electron chi connectivity index (χ2n) is 4.84. The Morgan fingerprint density at radius 2 is 2.20 bits per heavy atom. The maximum absolute atomic E-state index is 11.4. The molecule has 0 aliphatic rings. The highest BCUT2D eigenvalue weighted by molar-refractivity contribution is 7.84. The largest absolute Gasteiger partial charge is 0.398 e. The van der Waals surface area contributed by atoms with Crippen LogP contribution in [0.3, 0.4) is 0 Å². The van der Waals surface area contributed by atoms with Gasteiger partial charge in [0.15, 0.2) is 5.82 Å². The number of nitrogens with zero attached hydrogens (tertiary/aromatic N) is 4. The summed E-state index contributed by atoms with van der Waals surface area (Å²) in [5.74, 6) is 0.698. The predicted octanol–water partition coefficient (Wildman–Crippen LogP) is 1.39. The van der Waals surface area contributed by atoms with E-state index in [1.807, 2.05) is 32.0 Å². The minimum Gasteiger partial charge on any atom is -0.398 e. The SMILES string of the molecule is Cc1c(N)cccc1-c1nnnn1CCC(C)S(C)=O. The smallest absolute Gasteiger partial charge is 0.182 e. The highest BCUT2D eigenvalue weighted by Gasteiger charge is 2.14. The first-order valence-corrected chi connectivity index (χ1v) is 8.06. The Balaban J connectivity index is 2.25. The van der Waals surface area contributed by atoms with Gasteiger partial charge in [-0.15, -0.1) is 5.10 Å². The number of tetrazole rings is 1. The van der Waals surface area contributed by atoms with Crippen LogP contribution >= 0.6 is 0 Å². The molecule has 1 aromatic carbocycles. The normalized spacial score (nSPS) is 14.2. The molecular formula is C13H19N5OS. The van der Waals surface area contributed by atoms with Crippen LogP contribution in [-0.2, 0) is 17.3 Å². The van der Waals surface area contributed by atoms with Crippen LogP contribution in [0.4, 0.5) is 5.69 Å². The van der Waals surface area contributed by atoms with Gasteiger partial charge in [0.2, 0.25) is 0 Å². The number of nitrogens with two attached hydrogens (primary N) is 1. The summed E-state index contributed by atoms with van der Waals surface area (Å²) in [5, 5.41) is 11.9. The minimum absolute atomic E-state index is 0.119. The van der Waals surface area contributed by atoms with Crippen molar-refractivity contribution >= 4 is 16.5 Å². The van der Waals surface area contributed by atoms with E-state index in [-0.39, 0.29) is 5.25 Å². The van der Waals surface area contributed by atoms with E-state index in [1.54, 1.807) is 10.9 Å². The van der Waals surface area contributed by atoms with Crippen LogP contribution in [0.1, 0.15) is 18.9 Å². The lowest BCUT2D eigenvalue weighted by atomic mass is 10.1. The summed E-state index contributed by atoms with van der Waals surface area (Å²) >= 11 is 0. The molecule has 0 saturated carbocycles. The number of aromatic nitrogens is 4. The first kappa shape index (κ1) is 14.6. The monoisotopic (exact) mass is 293 g/mol. The maximum atomic E-state index is 11.4. The van der Waals surface area contributed by atoms with Gasteiger partial charge in [-0.05, 0) is 35.4 Å². The van der Waals surface area contributed by atoms with Crippen LogP contribution < -0.4 is 5.73 Å². The van der Waals surface area contributed by atoms with Crippen LogP contribution in [-0.4, -0.2) is 35.9 Å². The molecule has 1 aromatic heterocycles. The third kappa shape index (κ3) is 3.04. The topological polar surface area (TPSA) is 86.7 Å². The molecule has 6 nitrogen and oxygen atoms in total. The van der Waals surface area contributed by atoms with E-state index in [2.05, 4.69) is 15.5 Å². The van der Waals surface area contributed by atoms with Crippen molar-refractivity contribution in [3.8, 4) is 11.4 Å². The first-order chi connectivity index (χ1) is 9.50. The number of nitrogen functional groups attached to an aromatic ring is 1. The van der Waals surface area contributed by atoms with Crippen LogP contribution in [0.15, 0.2) is 18.2 Å². The molecule has 0 fully saturated rings. The molecule has 0 radical (unpaired) electrons. The number of hydrogen-bond donors (Lipinski definition) is 1. The summed E-state index contributed by atoms with van der Waals surface area (Å²) < 4.78 is 13.1. The molecule has 0 saturated heterocycles. The van der Waals surface area contributed by atoms with E-state index in [9.17, 15) is 4.21 Å². The van der Waals surface area contributed by atoms with E-state index in [4.69, 9.17) is 5.73 Å². The highest BCUT2D eigenvalue weighted by Crippen LogP contribution is 2.24. The molecule has 2 atom stereocenters. The number of aryl methyl sites for hydroxylation is 1. The number of rotatable bonds is 5. The van der Waals surface area contributed by atoms with Crippen LogP contribution in [0.2, 0.25) is 0 Å². The van der Waals surface area contributed by atoms with E-state index in [0.29, 0.717) is 12.4 Å². The van der Waals surface area contributed by atoms with Crippen molar-refractivity contribution in [2.24, 2.45) is 0 Å². The summed E-state index contributed by atoms with van der Waals surface area (Å²) in [6.45, 7) is 4.55. The molecule has 7 heteroatoms. The Morgan fingerprint density at radius 3 is 2.90 bits per heavy atom. The van der Waals surface area contributed by atoms with Gasteiger partial charge in [0.05, 0.1) is 0 Å². The lowest BCUT2D eigenvalue weighted by Crippen LogP contribution is -2.14. The van der Waals surface area contributed by atoms with Gasteiger partial charge in [-0.2, -0.15) is 0 Å². The Kier molecular flexibility index (Phi) is 4.49. The van der Waals surface area contributed by atoms with Crippen molar-refractivity contribution in [3.05, 3.63) is 23.8 Å². The predicted molar refractivity (Wildman–Crippen MR) is 80.5 cm³/mol. The minimum atomic E-state index is -0.833. The Morgan fingerprint density at radius 1 is 1.45 bits per heavy atom. The standard InChI is InChI=1S/C13H19N5OS/c1-9(20(3)19)7-8-18-13(15-16-17-18)11-5-4-6-12(14)10(11)2/h4-6,9H,7-8,14H2,1-3H3. The van der Waals surface area contributed by atoms with Crippen molar-refractivity contribution in [1.29, 1.82) is 0 Å². The molecule has 2 rings (SSSR count). The molecule has 2 unspecified atom stereocenters. The number of anilines is 1. The third-order valence-corrected chi connectivity index (χ3v) is 4.83. The summed E-state index contributed by atoms with van der Waals surface area (Å²) in [6.07, 6.45) is 2.48. The zero-order valence-corrected chi connectivity index (χ0v) is 12.7. The average molecular weight is 293 g/mol. The zero-order chi connectivity index (χ0) is 14.7. The molecular weight excluding hydrogens is 274 g/mol. The van der Waals surface area contributed by atoms with Gasteiger partial charge in [-0.25, -0.2) is 4.68 Å². The van der Waals surface area contributed by atoms with E-state index in [1.165, 1.54) is 0 Å². The number of benzene rings is 1. The fourth-order valence-electron chi connectivity index (χ4n) is 1.91. The van der Waals surface area contributed by atoms with E-state index in [0.717, 1.165) is 23.2 Å². The first-order valence-electron chi connectivity index (χ1n) is 6.44. The number of hydrogen-bond acceptors (Lipinski definition) is 5. The van der Waals surface area contributed by atoms with E-state index < -0.39 is 10.8 Å². The summed E-state index contributed by atoms with van der Waals surface area (Å²) in [6, 6.07) is 5.70. The third-order valence-electron chi connectivity index (χ3n) is 3.46. The highest BCUT2D eigenvalue weighted by atomic mass is 32.2. The fraction of sp³-hybridized carbons (Fsp3) is 0.462. The molecule has 0 amide bonds. The van der Waals surface area contributed by atoms with Crippen LogP contribution in [0, 0.1) is 6.92 Å². The zero-order valence-electron chi connectivity index (χ0n) is 11.9. The van der Waals surface area contributed by atoms with Gasteiger partial charge in [0.25, 0.3) is 0 Å². The molecule has 2 N–H and O–H groups in total. The van der Waals surface area contributed by atoms with Crippen molar-refractivity contribution in [2.45, 2.75) is 32.1 Å². The van der Waals surface area contributed by atoms with Gasteiger partial charge in [-0.3, -0.25) is 4.21 Å². The Bertz CT molecular complexity index is 625. The van der Waals surface area contributed by atoms with Crippen molar-refractivity contribution in [1.82, 2.24) is 20.2 Å². The van der Waals surface area contributed by atoms with Gasteiger partial charge in [0, 0.05) is 40.1 Å². The molecule has 108 valence electrons. The van der Waals surface area contributed by atoms with Crippen LogP contribution in [0.5, 0.6) is 0 Å². The average Bonchev–Trinajstić information content (AvgIpc) is 2.87. The van der Waals surface area contributed by atoms with Crippen molar-refractivity contribution in [2.75, 3.05) is 12.0 Å². The van der Waals surface area contributed by atoms with Gasteiger partial charge >= 0.3 is 0 Å². The Hall–Kier alpha value is -1.76. The van der Waals surface area contributed by atoms with Crippen molar-refractivity contribution in [3.63, 3.8) is 0 Å². The molecule has 1 heterocycles. The summed E-state index contributed by atoms with van der Waals surface area (Å²) in [4.78, 5) is 0. The fourth-order valence-corrected chi connectivity index (χ4v) is 2.35. The molecule has 0 aliphatic carbocycles. The summed E-state index contributed by atoms with van der Waals surface area (Å²) in [5.41, 5.74) is 8.54. The lowest BCUT2D eigenvalue weighted by molar-refractivity contribution is 0.556. The van der Waals surface area contributed by atoms with Crippen molar-refractivity contribution < 1.29 is 4.21 Å². The van der Waals surface area contributed by atoms with E-state index >= 15 is 0 Å². The van der Waals surface area contributed by atoms with Gasteiger partial charge in [-0.1, -0.05) is 19.1 Å². The van der Waals surface area contributed by atoms with Crippen LogP contribution in [0.25, 0.3) is 11.4 Å². The Labute approximate surface area is 120 Å². The second kappa shape index (κ2) is 6.13. The molecule has 20 heavy (non-hydrogen) atoms. The summed E-state index contributed by atoms with van der Waals surface area (Å²) in [7, 11) is -0.833. The lowest BCUT2D eigenvalue weighted by Gasteiger charge is -2.11. The molecule has 0 spiro atoms. The maximum Gasteiger partial charge on any atom is 0.182 e. The molecule has 2 aromatic rings. The molecule has 0 bridgehead atoms. The van der Waals surface area contributed by atoms with Gasteiger partial charge < -0.3 is 5.73 Å². The quantitative estimate of drug-likeness (QED) is 0.842. The molecule has 0 aliphatic heterocycles. The second-order valence-corrected chi connectivity index (χ2v) is 6.65. The van der Waals surface area contributed by atoms with Gasteiger partial charge in [0.1, 0.15) is 0 Å².